The Morgan fingerprint density at radius 3 is 2.35 bits per heavy atom. The van der Waals surface area contributed by atoms with Crippen molar-refractivity contribution < 1.29 is 4.79 Å². The van der Waals surface area contributed by atoms with Crippen LogP contribution < -0.4 is 0 Å². The molecule has 0 radical (unpaired) electrons. The van der Waals surface area contributed by atoms with Crippen LogP contribution in [-0.4, -0.2) is 15.6 Å². The molecule has 1 heterocycles. The van der Waals surface area contributed by atoms with E-state index in [1.807, 2.05) is 0 Å². The third-order valence-electron chi connectivity index (χ3n) is 3.23. The van der Waals surface area contributed by atoms with Crippen molar-refractivity contribution in [3.63, 3.8) is 0 Å². The van der Waals surface area contributed by atoms with Crippen LogP contribution in [0.1, 0.15) is 75.2 Å². The highest BCUT2D eigenvalue weighted by atomic mass is 16.1. The summed E-state index contributed by atoms with van der Waals surface area (Å²) in [4.78, 5) is 11.7. The second-order valence-corrected chi connectivity index (χ2v) is 4.61. The molecule has 0 aliphatic carbocycles. The molecule has 17 heavy (non-hydrogen) atoms. The van der Waals surface area contributed by atoms with Crippen molar-refractivity contribution in [1.82, 2.24) is 9.78 Å². The smallest absolute Gasteiger partial charge is 0.163 e. The first-order valence-electron chi connectivity index (χ1n) is 6.67. The maximum Gasteiger partial charge on any atom is 0.163 e. The minimum Gasteiger partial charge on any atom is -0.294 e. The molecule has 0 spiro atoms. The van der Waals surface area contributed by atoms with Crippen LogP contribution in [0.2, 0.25) is 0 Å². The molecular weight excluding hydrogens is 212 g/mol. The van der Waals surface area contributed by atoms with Gasteiger partial charge in [0.15, 0.2) is 5.78 Å². The molecule has 3 heteroatoms. The van der Waals surface area contributed by atoms with Gasteiger partial charge in [-0.15, -0.1) is 0 Å². The van der Waals surface area contributed by atoms with Crippen LogP contribution in [0.5, 0.6) is 0 Å². The van der Waals surface area contributed by atoms with Gasteiger partial charge in [-0.1, -0.05) is 27.2 Å². The number of hydrogen-bond donors (Lipinski definition) is 0. The Morgan fingerprint density at radius 2 is 1.94 bits per heavy atom. The zero-order chi connectivity index (χ0) is 13.0. The Morgan fingerprint density at radius 1 is 1.29 bits per heavy atom. The van der Waals surface area contributed by atoms with Crippen molar-refractivity contribution in [2.45, 2.75) is 66.3 Å². The number of ketones is 1. The normalized spacial score (nSPS) is 12.8. The molecule has 0 aromatic carbocycles. The number of aromatic nitrogens is 2. The Kier molecular flexibility index (Phi) is 4.91. The lowest BCUT2D eigenvalue weighted by Crippen LogP contribution is -2.11. The predicted molar refractivity (Wildman–Crippen MR) is 70.6 cm³/mol. The fourth-order valence-electron chi connectivity index (χ4n) is 2.42. The van der Waals surface area contributed by atoms with Gasteiger partial charge in [-0.3, -0.25) is 9.48 Å². The van der Waals surface area contributed by atoms with Gasteiger partial charge in [0.1, 0.15) is 0 Å². The highest BCUT2D eigenvalue weighted by Crippen LogP contribution is 2.22. The summed E-state index contributed by atoms with van der Waals surface area (Å²) < 4.78 is 2.07. The first kappa shape index (κ1) is 13.9. The lowest BCUT2D eigenvalue weighted by molar-refractivity contribution is 0.101. The van der Waals surface area contributed by atoms with Crippen LogP contribution in [0.15, 0.2) is 0 Å². The molecule has 0 aliphatic rings. The summed E-state index contributed by atoms with van der Waals surface area (Å²) in [7, 11) is 0. The van der Waals surface area contributed by atoms with E-state index in [-0.39, 0.29) is 5.78 Å². The van der Waals surface area contributed by atoms with E-state index in [0.29, 0.717) is 6.04 Å². The van der Waals surface area contributed by atoms with E-state index in [0.717, 1.165) is 42.6 Å². The second-order valence-electron chi connectivity index (χ2n) is 4.61. The molecule has 1 atom stereocenters. The van der Waals surface area contributed by atoms with E-state index >= 15 is 0 Å². The van der Waals surface area contributed by atoms with Crippen molar-refractivity contribution in [3.8, 4) is 0 Å². The molecule has 1 aromatic rings. The Bertz CT molecular complexity index is 393. The summed E-state index contributed by atoms with van der Waals surface area (Å²) in [5.74, 6) is 0.147. The first-order valence-corrected chi connectivity index (χ1v) is 6.67. The van der Waals surface area contributed by atoms with Gasteiger partial charge < -0.3 is 0 Å². The Labute approximate surface area is 104 Å². The minimum absolute atomic E-state index is 0.147. The largest absolute Gasteiger partial charge is 0.294 e. The minimum atomic E-state index is 0.147. The van der Waals surface area contributed by atoms with Crippen molar-refractivity contribution in [2.24, 2.45) is 0 Å². The van der Waals surface area contributed by atoms with Crippen LogP contribution in [0, 0.1) is 0 Å². The standard InChI is InChI=1S/C14H24N2O/c1-6-9-10(4)16-13(8-3)14(11(5)17)12(7-2)15-16/h10H,6-9H2,1-5H3. The molecule has 0 N–H and O–H groups in total. The summed E-state index contributed by atoms with van der Waals surface area (Å²) in [6.07, 6.45) is 3.94. The van der Waals surface area contributed by atoms with Crippen molar-refractivity contribution in [1.29, 1.82) is 0 Å². The number of aryl methyl sites for hydroxylation is 1. The van der Waals surface area contributed by atoms with Crippen LogP contribution in [-0.2, 0) is 12.8 Å². The molecule has 0 saturated heterocycles. The molecule has 0 amide bonds. The summed E-state index contributed by atoms with van der Waals surface area (Å²) in [5, 5.41) is 4.64. The number of nitrogens with zero attached hydrogens (tertiary/aromatic N) is 2. The molecule has 0 bridgehead atoms. The van der Waals surface area contributed by atoms with E-state index in [9.17, 15) is 4.79 Å². The lowest BCUT2D eigenvalue weighted by atomic mass is 10.1. The molecule has 1 unspecified atom stereocenters. The number of carbonyl (C=O) groups excluding carboxylic acids is 1. The highest BCUT2D eigenvalue weighted by molar-refractivity contribution is 5.96. The quantitative estimate of drug-likeness (QED) is 0.708. The van der Waals surface area contributed by atoms with E-state index in [4.69, 9.17) is 0 Å². The third kappa shape index (κ3) is 2.76. The summed E-state index contributed by atoms with van der Waals surface area (Å²) in [6.45, 7) is 10.2. The van der Waals surface area contributed by atoms with Gasteiger partial charge in [0.2, 0.25) is 0 Å². The molecule has 96 valence electrons. The maximum absolute atomic E-state index is 11.7. The van der Waals surface area contributed by atoms with Crippen molar-refractivity contribution >= 4 is 5.78 Å². The van der Waals surface area contributed by atoms with Gasteiger partial charge in [0.05, 0.1) is 11.3 Å². The van der Waals surface area contributed by atoms with Crippen LogP contribution in [0.4, 0.5) is 0 Å². The predicted octanol–water partition coefficient (Wildman–Crippen LogP) is 3.57. The van der Waals surface area contributed by atoms with E-state index in [1.165, 1.54) is 0 Å². The molecule has 1 aromatic heterocycles. The SMILES string of the molecule is CCCC(C)n1nc(CC)c(C(C)=O)c1CC. The van der Waals surface area contributed by atoms with Gasteiger partial charge >= 0.3 is 0 Å². The van der Waals surface area contributed by atoms with Gasteiger partial charge in [0.25, 0.3) is 0 Å². The van der Waals surface area contributed by atoms with Gasteiger partial charge in [-0.05, 0) is 33.1 Å². The third-order valence-corrected chi connectivity index (χ3v) is 3.23. The first-order chi connectivity index (χ1) is 8.06. The zero-order valence-corrected chi connectivity index (χ0v) is 11.7. The summed E-state index contributed by atoms with van der Waals surface area (Å²) in [5.41, 5.74) is 2.92. The fourth-order valence-corrected chi connectivity index (χ4v) is 2.42. The number of rotatable bonds is 6. The average molecular weight is 236 g/mol. The Hall–Kier alpha value is -1.12. The molecule has 0 saturated carbocycles. The van der Waals surface area contributed by atoms with Crippen molar-refractivity contribution in [3.05, 3.63) is 17.0 Å². The van der Waals surface area contributed by atoms with E-state index in [1.54, 1.807) is 6.92 Å². The summed E-state index contributed by atoms with van der Waals surface area (Å²) >= 11 is 0. The summed E-state index contributed by atoms with van der Waals surface area (Å²) in [6, 6.07) is 0.383. The van der Waals surface area contributed by atoms with Crippen LogP contribution >= 0.6 is 0 Å². The number of Topliss-reactive ketones (excluding diaryl/α,β-unsaturated/α-hetero) is 1. The van der Waals surface area contributed by atoms with Crippen molar-refractivity contribution in [2.75, 3.05) is 0 Å². The maximum atomic E-state index is 11.7. The zero-order valence-electron chi connectivity index (χ0n) is 11.7. The molecule has 3 nitrogen and oxygen atoms in total. The van der Waals surface area contributed by atoms with E-state index < -0.39 is 0 Å². The fraction of sp³-hybridized carbons (Fsp3) is 0.714. The lowest BCUT2D eigenvalue weighted by Gasteiger charge is -2.14. The van der Waals surface area contributed by atoms with Crippen LogP contribution in [0.3, 0.4) is 0 Å². The Balaban J connectivity index is 3.26. The monoisotopic (exact) mass is 236 g/mol. The molecule has 0 fully saturated rings. The van der Waals surface area contributed by atoms with Gasteiger partial charge in [0, 0.05) is 11.7 Å². The average Bonchev–Trinajstić information content (AvgIpc) is 2.67. The van der Waals surface area contributed by atoms with E-state index in [2.05, 4.69) is 37.5 Å². The van der Waals surface area contributed by atoms with Gasteiger partial charge in [-0.25, -0.2) is 0 Å². The molecule has 1 rings (SSSR count). The number of carbonyl (C=O) groups is 1. The topological polar surface area (TPSA) is 34.9 Å². The second kappa shape index (κ2) is 5.99. The molecule has 0 aliphatic heterocycles. The molecular formula is C14H24N2O. The van der Waals surface area contributed by atoms with Crippen LogP contribution in [0.25, 0.3) is 0 Å². The highest BCUT2D eigenvalue weighted by Gasteiger charge is 2.20. The number of hydrogen-bond acceptors (Lipinski definition) is 2. The van der Waals surface area contributed by atoms with Gasteiger partial charge in [-0.2, -0.15) is 5.10 Å².